The van der Waals surface area contributed by atoms with Gasteiger partial charge in [-0.05, 0) is 61.9 Å². The van der Waals surface area contributed by atoms with Crippen molar-refractivity contribution >= 4 is 18.1 Å². The number of halogens is 4. The number of rotatable bonds is 10. The van der Waals surface area contributed by atoms with Gasteiger partial charge in [-0.15, -0.1) is 0 Å². The van der Waals surface area contributed by atoms with Crippen LogP contribution in [-0.2, 0) is 22.4 Å². The lowest BCUT2D eigenvalue weighted by atomic mass is 9.98. The minimum Gasteiger partial charge on any atom is -0.507 e. The van der Waals surface area contributed by atoms with E-state index in [1.807, 2.05) is 19.9 Å². The third-order valence-electron chi connectivity index (χ3n) is 4.67. The van der Waals surface area contributed by atoms with Crippen LogP contribution in [0.3, 0.4) is 0 Å². The number of hydrogen-bond acceptors (Lipinski definition) is 4. The van der Waals surface area contributed by atoms with Crippen LogP contribution in [0.1, 0.15) is 59.3 Å². The van der Waals surface area contributed by atoms with Crippen molar-refractivity contribution in [2.75, 3.05) is 13.3 Å². The molecule has 4 nitrogen and oxygen atoms in total. The first kappa shape index (κ1) is 26.1. The second-order valence-corrected chi connectivity index (χ2v) is 7.57. The smallest absolute Gasteiger partial charge is 0.416 e. The van der Waals surface area contributed by atoms with E-state index < -0.39 is 24.4 Å². The first-order valence-electron chi connectivity index (χ1n) is 10.4. The number of aromatic hydroxyl groups is 1. The van der Waals surface area contributed by atoms with Crippen LogP contribution in [0, 0.1) is 0 Å². The molecule has 0 saturated carbocycles. The van der Waals surface area contributed by atoms with E-state index in [1.165, 1.54) is 24.3 Å². The fraction of sp³-hybridized carbons (Fsp3) is 0.320. The highest BCUT2D eigenvalue weighted by Gasteiger charge is 2.29. The number of carbonyl (C=O) groups excluding carboxylic acids is 1. The molecule has 1 N–H and O–H groups in total. The fourth-order valence-corrected chi connectivity index (χ4v) is 2.84. The van der Waals surface area contributed by atoms with E-state index in [1.54, 1.807) is 12.1 Å². The van der Waals surface area contributed by atoms with Crippen molar-refractivity contribution in [2.45, 2.75) is 39.3 Å². The zero-order valence-corrected chi connectivity index (χ0v) is 18.4. The van der Waals surface area contributed by atoms with Gasteiger partial charge in [0, 0.05) is 0 Å². The summed E-state index contributed by atoms with van der Waals surface area (Å²) in [6.07, 6.45) is 1.47. The van der Waals surface area contributed by atoms with Crippen molar-refractivity contribution in [3.8, 4) is 5.75 Å². The predicted molar refractivity (Wildman–Crippen MR) is 118 cm³/mol. The van der Waals surface area contributed by atoms with E-state index >= 15 is 0 Å². The SMILES string of the molecule is CC(C)=CCc1ccc(C=Cc2ccc(C(F)(F)F)cc2)c(C(=O)OOCCCCF)c1O. The maximum atomic E-state index is 12.7. The number of benzene rings is 2. The molecule has 0 aliphatic carbocycles. The minimum absolute atomic E-state index is 0.00457. The molecule has 0 amide bonds. The summed E-state index contributed by atoms with van der Waals surface area (Å²) in [4.78, 5) is 22.2. The zero-order chi connectivity index (χ0) is 24.4. The summed E-state index contributed by atoms with van der Waals surface area (Å²) >= 11 is 0. The van der Waals surface area contributed by atoms with Crippen LogP contribution in [0.2, 0.25) is 0 Å². The van der Waals surface area contributed by atoms with Gasteiger partial charge in [0.2, 0.25) is 0 Å². The van der Waals surface area contributed by atoms with Gasteiger partial charge in [0.25, 0.3) is 0 Å². The minimum atomic E-state index is -4.43. The van der Waals surface area contributed by atoms with Crippen molar-refractivity contribution in [3.63, 3.8) is 0 Å². The van der Waals surface area contributed by atoms with Crippen molar-refractivity contribution in [1.82, 2.24) is 0 Å². The van der Waals surface area contributed by atoms with Crippen molar-refractivity contribution in [3.05, 3.63) is 75.9 Å². The highest BCUT2D eigenvalue weighted by Crippen LogP contribution is 2.31. The Labute approximate surface area is 190 Å². The maximum Gasteiger partial charge on any atom is 0.416 e. The van der Waals surface area contributed by atoms with Gasteiger partial charge in [0.1, 0.15) is 11.3 Å². The van der Waals surface area contributed by atoms with Gasteiger partial charge in [-0.2, -0.15) is 18.1 Å². The zero-order valence-electron chi connectivity index (χ0n) is 18.4. The molecule has 0 spiro atoms. The van der Waals surface area contributed by atoms with Gasteiger partial charge >= 0.3 is 12.1 Å². The molecule has 8 heteroatoms. The van der Waals surface area contributed by atoms with E-state index in [2.05, 4.69) is 0 Å². The monoisotopic (exact) mass is 466 g/mol. The van der Waals surface area contributed by atoms with E-state index in [-0.39, 0.29) is 24.3 Å². The van der Waals surface area contributed by atoms with E-state index in [9.17, 15) is 27.5 Å². The van der Waals surface area contributed by atoms with Gasteiger partial charge in [-0.25, -0.2) is 4.79 Å². The van der Waals surface area contributed by atoms with Crippen molar-refractivity contribution in [2.24, 2.45) is 0 Å². The van der Waals surface area contributed by atoms with Crippen LogP contribution in [0.4, 0.5) is 17.6 Å². The average molecular weight is 466 g/mol. The number of allylic oxidation sites excluding steroid dienone is 2. The van der Waals surface area contributed by atoms with Gasteiger partial charge in [-0.3, -0.25) is 9.28 Å². The molecule has 0 saturated heterocycles. The fourth-order valence-electron chi connectivity index (χ4n) is 2.84. The Morgan fingerprint density at radius 3 is 2.33 bits per heavy atom. The summed E-state index contributed by atoms with van der Waals surface area (Å²) in [5.41, 5.74) is 1.38. The Hall–Kier alpha value is -3.13. The second-order valence-electron chi connectivity index (χ2n) is 7.57. The van der Waals surface area contributed by atoms with Crippen LogP contribution >= 0.6 is 0 Å². The molecule has 0 bridgehead atoms. The van der Waals surface area contributed by atoms with Crippen LogP contribution in [-0.4, -0.2) is 24.4 Å². The van der Waals surface area contributed by atoms with Crippen LogP contribution in [0.5, 0.6) is 5.75 Å². The molecule has 0 heterocycles. The summed E-state index contributed by atoms with van der Waals surface area (Å²) in [7, 11) is 0. The molecule has 33 heavy (non-hydrogen) atoms. The maximum absolute atomic E-state index is 12.7. The Morgan fingerprint density at radius 2 is 1.73 bits per heavy atom. The molecule has 0 aliphatic heterocycles. The number of phenols is 1. The lowest BCUT2D eigenvalue weighted by molar-refractivity contribution is -0.241. The quantitative estimate of drug-likeness (QED) is 0.103. The Bertz CT molecular complexity index is 989. The summed E-state index contributed by atoms with van der Waals surface area (Å²) in [6, 6.07) is 7.77. The van der Waals surface area contributed by atoms with Gasteiger partial charge in [0.05, 0.1) is 18.8 Å². The summed E-state index contributed by atoms with van der Waals surface area (Å²) in [5.74, 6) is -1.21. The lowest BCUT2D eigenvalue weighted by Crippen LogP contribution is -2.10. The average Bonchev–Trinajstić information content (AvgIpc) is 2.76. The molecule has 2 aromatic rings. The molecule has 0 atom stereocenters. The molecule has 0 unspecified atom stereocenters. The lowest BCUT2D eigenvalue weighted by Gasteiger charge is -2.12. The summed E-state index contributed by atoms with van der Waals surface area (Å²) in [6.45, 7) is 3.30. The number of alkyl halides is 4. The van der Waals surface area contributed by atoms with Crippen molar-refractivity contribution < 1.29 is 37.2 Å². The van der Waals surface area contributed by atoms with Gasteiger partial charge in [-0.1, -0.05) is 48.1 Å². The molecule has 0 aliphatic rings. The molecule has 178 valence electrons. The summed E-state index contributed by atoms with van der Waals surface area (Å²) < 4.78 is 50.4. The standard InChI is InChI=1S/C25H26F4O4/c1-17(2)5-9-20-12-11-19(10-6-18-7-13-21(14-8-18)25(27,28)29)22(23(20)30)24(31)33-32-16-4-3-15-26/h5-8,10-14,30H,3-4,9,15-16H2,1-2H3. The number of hydrogen-bond donors (Lipinski definition) is 1. The number of phenolic OH excluding ortho intramolecular Hbond substituents is 1. The highest BCUT2D eigenvalue weighted by molar-refractivity contribution is 5.97. The molecular weight excluding hydrogens is 440 g/mol. The third-order valence-corrected chi connectivity index (χ3v) is 4.67. The van der Waals surface area contributed by atoms with E-state index in [4.69, 9.17) is 9.78 Å². The molecule has 2 rings (SSSR count). The first-order valence-corrected chi connectivity index (χ1v) is 10.4. The van der Waals surface area contributed by atoms with Crippen molar-refractivity contribution in [1.29, 1.82) is 0 Å². The van der Waals surface area contributed by atoms with Crippen LogP contribution in [0.25, 0.3) is 12.2 Å². The summed E-state index contributed by atoms with van der Waals surface area (Å²) in [5, 5.41) is 10.7. The molecule has 2 aromatic carbocycles. The van der Waals surface area contributed by atoms with Gasteiger partial charge < -0.3 is 5.11 Å². The number of unbranched alkanes of at least 4 members (excludes halogenated alkanes) is 1. The normalized spacial score (nSPS) is 11.6. The Morgan fingerprint density at radius 1 is 1.03 bits per heavy atom. The second kappa shape index (κ2) is 12.2. The largest absolute Gasteiger partial charge is 0.507 e. The Kier molecular flexibility index (Phi) is 9.66. The third kappa shape index (κ3) is 8.05. The molecule has 0 radical (unpaired) electrons. The van der Waals surface area contributed by atoms with Crippen LogP contribution in [0.15, 0.2) is 48.0 Å². The van der Waals surface area contributed by atoms with E-state index in [0.717, 1.165) is 17.7 Å². The van der Waals surface area contributed by atoms with E-state index in [0.29, 0.717) is 29.5 Å². The molecule has 0 fully saturated rings. The molecule has 0 aromatic heterocycles. The number of carbonyl (C=O) groups is 1. The van der Waals surface area contributed by atoms with Gasteiger partial charge in [0.15, 0.2) is 0 Å². The Balaban J connectivity index is 2.31. The molecular formula is C25H26F4O4. The first-order chi connectivity index (χ1) is 15.6. The van der Waals surface area contributed by atoms with Crippen LogP contribution < -0.4 is 0 Å². The topological polar surface area (TPSA) is 55.8 Å². The highest BCUT2D eigenvalue weighted by atomic mass is 19.4. The predicted octanol–water partition coefficient (Wildman–Crippen LogP) is 6.93.